The molecule has 0 bridgehead atoms. The van der Waals surface area contributed by atoms with Gasteiger partial charge in [-0.2, -0.15) is 4.98 Å². The Labute approximate surface area is 107 Å². The summed E-state index contributed by atoms with van der Waals surface area (Å²) >= 11 is 0. The molecule has 1 heterocycles. The van der Waals surface area contributed by atoms with E-state index in [1.807, 2.05) is 0 Å². The van der Waals surface area contributed by atoms with Crippen molar-refractivity contribution in [2.75, 3.05) is 6.54 Å². The fourth-order valence-corrected chi connectivity index (χ4v) is 3.41. The molecule has 0 unspecified atom stereocenters. The largest absolute Gasteiger partial charge is 0.339 e. The van der Waals surface area contributed by atoms with Crippen LogP contribution in [-0.4, -0.2) is 16.7 Å². The van der Waals surface area contributed by atoms with Crippen LogP contribution < -0.4 is 5.73 Å². The molecule has 0 saturated heterocycles. The summed E-state index contributed by atoms with van der Waals surface area (Å²) in [6.07, 6.45) is 8.88. The molecule has 0 spiro atoms. The Morgan fingerprint density at radius 1 is 1.22 bits per heavy atom. The first-order valence-electron chi connectivity index (χ1n) is 7.36. The van der Waals surface area contributed by atoms with Crippen LogP contribution in [-0.2, 0) is 5.41 Å². The Kier molecular flexibility index (Phi) is 2.31. The number of rotatable bonds is 5. The number of nitrogens with two attached hydrogens (primary N) is 1. The third-order valence-corrected chi connectivity index (χ3v) is 5.15. The van der Waals surface area contributed by atoms with Crippen molar-refractivity contribution in [3.8, 4) is 0 Å². The molecule has 1 aromatic rings. The van der Waals surface area contributed by atoms with E-state index in [2.05, 4.69) is 5.16 Å². The molecule has 0 radical (unpaired) electrons. The summed E-state index contributed by atoms with van der Waals surface area (Å²) in [6, 6.07) is 0. The van der Waals surface area contributed by atoms with Crippen LogP contribution in [0.5, 0.6) is 0 Å². The molecule has 4 heteroatoms. The number of nitrogens with zero attached hydrogens (tertiary/aromatic N) is 2. The third-order valence-electron chi connectivity index (χ3n) is 5.15. The highest BCUT2D eigenvalue weighted by atomic mass is 16.5. The standard InChI is InChI=1S/C14H21N3O/c15-8-14(6-1-7-14)13-16-12(17-18-13)11(9-2-3-9)10-4-5-10/h9-11H,1-8,15H2. The van der Waals surface area contributed by atoms with Crippen LogP contribution in [0.2, 0.25) is 0 Å². The molecular formula is C14H21N3O. The van der Waals surface area contributed by atoms with E-state index in [1.165, 1.54) is 32.1 Å². The van der Waals surface area contributed by atoms with Gasteiger partial charge in [-0.15, -0.1) is 0 Å². The lowest BCUT2D eigenvalue weighted by Crippen LogP contribution is -2.41. The zero-order chi connectivity index (χ0) is 12.2. The van der Waals surface area contributed by atoms with Gasteiger partial charge in [0.25, 0.3) is 0 Å². The minimum atomic E-state index is 0.0168. The quantitative estimate of drug-likeness (QED) is 0.867. The van der Waals surface area contributed by atoms with Gasteiger partial charge in [0.2, 0.25) is 5.89 Å². The topological polar surface area (TPSA) is 64.9 Å². The lowest BCUT2D eigenvalue weighted by Gasteiger charge is -2.36. The van der Waals surface area contributed by atoms with Crippen LogP contribution >= 0.6 is 0 Å². The highest BCUT2D eigenvalue weighted by molar-refractivity contribution is 5.15. The van der Waals surface area contributed by atoms with Crippen LogP contribution in [0.1, 0.15) is 62.6 Å². The predicted octanol–water partition coefficient (Wildman–Crippen LogP) is 2.35. The maximum absolute atomic E-state index is 5.90. The molecule has 1 aromatic heterocycles. The monoisotopic (exact) mass is 247 g/mol. The Balaban J connectivity index is 1.60. The van der Waals surface area contributed by atoms with Gasteiger partial charge in [0, 0.05) is 12.5 Å². The predicted molar refractivity (Wildman–Crippen MR) is 67.1 cm³/mol. The Morgan fingerprint density at radius 3 is 2.33 bits per heavy atom. The first kappa shape index (κ1) is 11.0. The van der Waals surface area contributed by atoms with Gasteiger partial charge in [-0.1, -0.05) is 11.6 Å². The molecule has 0 aliphatic heterocycles. The average Bonchev–Trinajstić information content (AvgIpc) is 3.21. The zero-order valence-electron chi connectivity index (χ0n) is 10.8. The summed E-state index contributed by atoms with van der Waals surface area (Å²) in [7, 11) is 0. The molecule has 3 aliphatic rings. The first-order chi connectivity index (χ1) is 8.82. The highest BCUT2D eigenvalue weighted by Gasteiger charge is 2.47. The van der Waals surface area contributed by atoms with Crippen LogP contribution in [0.4, 0.5) is 0 Å². The van der Waals surface area contributed by atoms with Crippen molar-refractivity contribution in [1.29, 1.82) is 0 Å². The van der Waals surface area contributed by atoms with Gasteiger partial charge >= 0.3 is 0 Å². The zero-order valence-corrected chi connectivity index (χ0v) is 10.8. The van der Waals surface area contributed by atoms with Gasteiger partial charge < -0.3 is 10.3 Å². The molecule has 2 N–H and O–H groups in total. The summed E-state index contributed by atoms with van der Waals surface area (Å²) in [4.78, 5) is 4.74. The van der Waals surface area contributed by atoms with Crippen molar-refractivity contribution in [2.45, 2.75) is 56.3 Å². The molecule has 0 amide bonds. The normalized spacial score (nSPS) is 26.3. The molecule has 4 rings (SSSR count). The summed E-state index contributed by atoms with van der Waals surface area (Å²) in [5, 5.41) is 4.29. The SMILES string of the molecule is NCC1(c2nc(C(C3CC3)C3CC3)no2)CCC1. The molecule has 18 heavy (non-hydrogen) atoms. The number of hydrogen-bond acceptors (Lipinski definition) is 4. The van der Waals surface area contributed by atoms with Crippen LogP contribution in [0.15, 0.2) is 4.52 Å². The molecule has 0 atom stereocenters. The minimum absolute atomic E-state index is 0.0168. The molecule has 98 valence electrons. The lowest BCUT2D eigenvalue weighted by atomic mass is 9.69. The maximum Gasteiger partial charge on any atom is 0.234 e. The molecule has 0 aromatic carbocycles. The number of hydrogen-bond donors (Lipinski definition) is 1. The van der Waals surface area contributed by atoms with Crippen LogP contribution in [0.25, 0.3) is 0 Å². The lowest BCUT2D eigenvalue weighted by molar-refractivity contribution is 0.181. The van der Waals surface area contributed by atoms with E-state index >= 15 is 0 Å². The van der Waals surface area contributed by atoms with Gasteiger partial charge in [0.15, 0.2) is 5.82 Å². The molecule has 3 aliphatic carbocycles. The molecule has 3 saturated carbocycles. The van der Waals surface area contributed by atoms with Crippen molar-refractivity contribution < 1.29 is 4.52 Å². The maximum atomic E-state index is 5.90. The van der Waals surface area contributed by atoms with Gasteiger partial charge in [-0.3, -0.25) is 0 Å². The highest BCUT2D eigenvalue weighted by Crippen LogP contribution is 2.54. The summed E-state index contributed by atoms with van der Waals surface area (Å²) in [5.41, 5.74) is 5.92. The Hall–Kier alpha value is -0.900. The number of aromatic nitrogens is 2. The van der Waals surface area contributed by atoms with E-state index in [1.54, 1.807) is 0 Å². The molecular weight excluding hydrogens is 226 g/mol. The second-order valence-corrected chi connectivity index (χ2v) is 6.50. The van der Waals surface area contributed by atoms with Crippen molar-refractivity contribution in [3.63, 3.8) is 0 Å². The molecule has 3 fully saturated rings. The van der Waals surface area contributed by atoms with E-state index in [9.17, 15) is 0 Å². The first-order valence-corrected chi connectivity index (χ1v) is 7.36. The van der Waals surface area contributed by atoms with Crippen molar-refractivity contribution >= 4 is 0 Å². The van der Waals surface area contributed by atoms with Gasteiger partial charge in [0.05, 0.1) is 5.41 Å². The summed E-state index contributed by atoms with van der Waals surface area (Å²) < 4.78 is 5.56. The molecule has 4 nitrogen and oxygen atoms in total. The van der Waals surface area contributed by atoms with Gasteiger partial charge in [0.1, 0.15) is 0 Å². The summed E-state index contributed by atoms with van der Waals surface area (Å²) in [6.45, 7) is 0.645. The van der Waals surface area contributed by atoms with Crippen molar-refractivity contribution in [2.24, 2.45) is 17.6 Å². The van der Waals surface area contributed by atoms with E-state index in [-0.39, 0.29) is 5.41 Å². The van der Waals surface area contributed by atoms with Crippen LogP contribution in [0.3, 0.4) is 0 Å². The fraction of sp³-hybridized carbons (Fsp3) is 0.857. The second kappa shape index (κ2) is 3.80. The average molecular weight is 247 g/mol. The van der Waals surface area contributed by atoms with Crippen molar-refractivity contribution in [1.82, 2.24) is 10.1 Å². The van der Waals surface area contributed by atoms with Crippen LogP contribution in [0, 0.1) is 11.8 Å². The van der Waals surface area contributed by atoms with E-state index in [4.69, 9.17) is 15.2 Å². The smallest absolute Gasteiger partial charge is 0.234 e. The van der Waals surface area contributed by atoms with Crippen molar-refractivity contribution in [3.05, 3.63) is 11.7 Å². The van der Waals surface area contributed by atoms with Gasteiger partial charge in [-0.05, 0) is 50.4 Å². The fourth-order valence-electron chi connectivity index (χ4n) is 3.41. The Morgan fingerprint density at radius 2 is 1.89 bits per heavy atom. The van der Waals surface area contributed by atoms with E-state index < -0.39 is 0 Å². The second-order valence-electron chi connectivity index (χ2n) is 6.50. The summed E-state index contributed by atoms with van der Waals surface area (Å²) in [5.74, 6) is 4.04. The Bertz CT molecular complexity index is 426. The third kappa shape index (κ3) is 1.62. The van der Waals surface area contributed by atoms with E-state index in [0.29, 0.717) is 12.5 Å². The van der Waals surface area contributed by atoms with Gasteiger partial charge in [-0.25, -0.2) is 0 Å². The minimum Gasteiger partial charge on any atom is -0.339 e. The van der Waals surface area contributed by atoms with E-state index in [0.717, 1.165) is 36.4 Å².